The molecular formula is C20H30N4O. The van der Waals surface area contributed by atoms with Crippen LogP contribution in [0.25, 0.3) is 0 Å². The predicted octanol–water partition coefficient (Wildman–Crippen LogP) is 2.91. The van der Waals surface area contributed by atoms with Gasteiger partial charge in [-0.05, 0) is 52.1 Å². The molecule has 2 N–H and O–H groups in total. The zero-order valence-corrected chi connectivity index (χ0v) is 16.0. The molecule has 0 aliphatic carbocycles. The van der Waals surface area contributed by atoms with Crippen molar-refractivity contribution in [2.24, 2.45) is 4.99 Å². The van der Waals surface area contributed by atoms with Crippen LogP contribution in [0.2, 0.25) is 0 Å². The predicted molar refractivity (Wildman–Crippen MR) is 104 cm³/mol. The number of guanidine groups is 1. The summed E-state index contributed by atoms with van der Waals surface area (Å²) in [5.41, 5.74) is 3.97. The first kappa shape index (κ1) is 19.1. The van der Waals surface area contributed by atoms with E-state index >= 15 is 0 Å². The van der Waals surface area contributed by atoms with Crippen LogP contribution in [-0.2, 0) is 6.42 Å². The fourth-order valence-corrected chi connectivity index (χ4v) is 2.97. The number of likely N-dealkylation sites (N-methyl/N-ethyl adjacent to an activating group) is 1. The van der Waals surface area contributed by atoms with Crippen molar-refractivity contribution in [3.05, 3.63) is 59.0 Å². The van der Waals surface area contributed by atoms with Gasteiger partial charge >= 0.3 is 0 Å². The highest BCUT2D eigenvalue weighted by molar-refractivity contribution is 5.79. The third-order valence-electron chi connectivity index (χ3n) is 4.17. The minimum absolute atomic E-state index is 0.160. The normalized spacial score (nSPS) is 13.1. The SMILES string of the molecule is CN=C(NCCc1cc(C)cc(C)c1)NCC(c1ccco1)N(C)C. The molecule has 1 atom stereocenters. The van der Waals surface area contributed by atoms with E-state index in [9.17, 15) is 0 Å². The van der Waals surface area contributed by atoms with Gasteiger partial charge in [0.05, 0.1) is 12.3 Å². The van der Waals surface area contributed by atoms with E-state index < -0.39 is 0 Å². The first-order valence-electron chi connectivity index (χ1n) is 8.71. The second-order valence-corrected chi connectivity index (χ2v) is 6.62. The van der Waals surface area contributed by atoms with E-state index in [2.05, 4.69) is 52.6 Å². The smallest absolute Gasteiger partial charge is 0.191 e. The van der Waals surface area contributed by atoms with Crippen LogP contribution in [-0.4, -0.2) is 45.1 Å². The standard InChI is InChI=1S/C20H30N4O/c1-15-11-16(2)13-17(12-15)8-9-22-20(21-3)23-14-18(24(4)5)19-7-6-10-25-19/h6-7,10-13,18H,8-9,14H2,1-5H3,(H2,21,22,23). The molecule has 0 bridgehead atoms. The highest BCUT2D eigenvalue weighted by atomic mass is 16.3. The monoisotopic (exact) mass is 342 g/mol. The van der Waals surface area contributed by atoms with E-state index in [1.165, 1.54) is 16.7 Å². The van der Waals surface area contributed by atoms with Gasteiger partial charge < -0.3 is 15.1 Å². The van der Waals surface area contributed by atoms with E-state index in [1.807, 2.05) is 26.2 Å². The maximum atomic E-state index is 5.54. The van der Waals surface area contributed by atoms with Crippen molar-refractivity contribution in [3.63, 3.8) is 0 Å². The van der Waals surface area contributed by atoms with Gasteiger partial charge in [0.2, 0.25) is 0 Å². The molecular weight excluding hydrogens is 312 g/mol. The molecule has 2 rings (SSSR count). The van der Waals surface area contributed by atoms with Gasteiger partial charge in [-0.15, -0.1) is 0 Å². The van der Waals surface area contributed by atoms with Gasteiger partial charge in [0, 0.05) is 20.1 Å². The van der Waals surface area contributed by atoms with E-state index in [1.54, 1.807) is 13.3 Å². The molecule has 0 aliphatic rings. The van der Waals surface area contributed by atoms with Crippen LogP contribution in [0.15, 0.2) is 46.0 Å². The molecule has 1 heterocycles. The first-order valence-corrected chi connectivity index (χ1v) is 8.71. The summed E-state index contributed by atoms with van der Waals surface area (Å²) in [6, 6.07) is 10.8. The zero-order chi connectivity index (χ0) is 18.2. The molecule has 0 spiro atoms. The molecule has 0 saturated carbocycles. The Bertz CT molecular complexity index is 657. The minimum atomic E-state index is 0.160. The summed E-state index contributed by atoms with van der Waals surface area (Å²) in [5, 5.41) is 6.77. The number of nitrogens with zero attached hydrogens (tertiary/aromatic N) is 2. The van der Waals surface area contributed by atoms with Gasteiger partial charge in [0.1, 0.15) is 5.76 Å². The summed E-state index contributed by atoms with van der Waals surface area (Å²) >= 11 is 0. The average molecular weight is 342 g/mol. The van der Waals surface area contributed by atoms with Crippen LogP contribution < -0.4 is 10.6 Å². The molecule has 0 fully saturated rings. The lowest BCUT2D eigenvalue weighted by molar-refractivity contribution is 0.258. The molecule has 0 aliphatic heterocycles. The van der Waals surface area contributed by atoms with E-state index in [-0.39, 0.29) is 6.04 Å². The number of rotatable bonds is 7. The third-order valence-corrected chi connectivity index (χ3v) is 4.17. The molecule has 1 unspecified atom stereocenters. The highest BCUT2D eigenvalue weighted by Crippen LogP contribution is 2.17. The van der Waals surface area contributed by atoms with Gasteiger partial charge in [0.25, 0.3) is 0 Å². The van der Waals surface area contributed by atoms with Crippen LogP contribution in [0.3, 0.4) is 0 Å². The Labute approximate surface area is 151 Å². The van der Waals surface area contributed by atoms with Crippen LogP contribution in [0.4, 0.5) is 0 Å². The number of aliphatic imine (C=N–C) groups is 1. The molecule has 1 aromatic carbocycles. The first-order chi connectivity index (χ1) is 12.0. The molecule has 5 heteroatoms. The molecule has 0 saturated heterocycles. The number of nitrogens with one attached hydrogen (secondary N) is 2. The Hall–Kier alpha value is -2.27. The van der Waals surface area contributed by atoms with Crippen molar-refractivity contribution in [1.82, 2.24) is 15.5 Å². The molecule has 0 amide bonds. The van der Waals surface area contributed by atoms with Crippen molar-refractivity contribution in [2.45, 2.75) is 26.3 Å². The fraction of sp³-hybridized carbons (Fsp3) is 0.450. The molecule has 2 aromatic rings. The van der Waals surface area contributed by atoms with Gasteiger partial charge in [-0.3, -0.25) is 9.89 Å². The lowest BCUT2D eigenvalue weighted by Crippen LogP contribution is -2.42. The van der Waals surface area contributed by atoms with E-state index in [4.69, 9.17) is 4.42 Å². The maximum Gasteiger partial charge on any atom is 0.191 e. The van der Waals surface area contributed by atoms with Gasteiger partial charge in [-0.25, -0.2) is 0 Å². The minimum Gasteiger partial charge on any atom is -0.468 e. The van der Waals surface area contributed by atoms with Crippen LogP contribution >= 0.6 is 0 Å². The second-order valence-electron chi connectivity index (χ2n) is 6.62. The average Bonchev–Trinajstić information content (AvgIpc) is 3.06. The number of hydrogen-bond acceptors (Lipinski definition) is 3. The summed E-state index contributed by atoms with van der Waals surface area (Å²) in [5.74, 6) is 1.76. The fourth-order valence-electron chi connectivity index (χ4n) is 2.97. The largest absolute Gasteiger partial charge is 0.468 e. The van der Waals surface area contributed by atoms with Crippen molar-refractivity contribution in [1.29, 1.82) is 0 Å². The van der Waals surface area contributed by atoms with Crippen molar-refractivity contribution < 1.29 is 4.42 Å². The molecule has 5 nitrogen and oxygen atoms in total. The number of hydrogen-bond donors (Lipinski definition) is 2. The molecule has 0 radical (unpaired) electrons. The van der Waals surface area contributed by atoms with Crippen LogP contribution in [0.1, 0.15) is 28.5 Å². The summed E-state index contributed by atoms with van der Waals surface area (Å²) in [6.45, 7) is 5.85. The topological polar surface area (TPSA) is 52.8 Å². The summed E-state index contributed by atoms with van der Waals surface area (Å²) in [6.07, 6.45) is 2.68. The van der Waals surface area contributed by atoms with Crippen molar-refractivity contribution in [3.8, 4) is 0 Å². The summed E-state index contributed by atoms with van der Waals surface area (Å²) < 4.78 is 5.54. The molecule has 25 heavy (non-hydrogen) atoms. The van der Waals surface area contributed by atoms with E-state index in [0.717, 1.165) is 31.2 Å². The van der Waals surface area contributed by atoms with Gasteiger partial charge in [-0.1, -0.05) is 29.3 Å². The number of aryl methyl sites for hydroxylation is 2. The Morgan fingerprint density at radius 3 is 2.44 bits per heavy atom. The Balaban J connectivity index is 1.84. The molecule has 1 aromatic heterocycles. The second kappa shape index (κ2) is 9.28. The number of furan rings is 1. The van der Waals surface area contributed by atoms with Crippen LogP contribution in [0.5, 0.6) is 0 Å². The maximum absolute atomic E-state index is 5.54. The van der Waals surface area contributed by atoms with Crippen molar-refractivity contribution >= 4 is 5.96 Å². The third kappa shape index (κ3) is 5.94. The van der Waals surface area contributed by atoms with Crippen molar-refractivity contribution in [2.75, 3.05) is 34.2 Å². The highest BCUT2D eigenvalue weighted by Gasteiger charge is 2.17. The van der Waals surface area contributed by atoms with E-state index in [0.29, 0.717) is 0 Å². The summed E-state index contributed by atoms with van der Waals surface area (Å²) in [7, 11) is 5.89. The molecule has 136 valence electrons. The van der Waals surface area contributed by atoms with Crippen LogP contribution in [0, 0.1) is 13.8 Å². The Morgan fingerprint density at radius 1 is 1.16 bits per heavy atom. The van der Waals surface area contributed by atoms with Gasteiger partial charge in [-0.2, -0.15) is 0 Å². The lowest BCUT2D eigenvalue weighted by Gasteiger charge is -2.23. The van der Waals surface area contributed by atoms with Gasteiger partial charge in [0.15, 0.2) is 5.96 Å². The Kier molecular flexibility index (Phi) is 7.07. The summed E-state index contributed by atoms with van der Waals surface area (Å²) in [4.78, 5) is 6.45. The number of benzene rings is 1. The zero-order valence-electron chi connectivity index (χ0n) is 16.0. The lowest BCUT2D eigenvalue weighted by atomic mass is 10.1. The Morgan fingerprint density at radius 2 is 1.88 bits per heavy atom. The quantitative estimate of drug-likeness (QED) is 0.600.